The van der Waals surface area contributed by atoms with Crippen molar-refractivity contribution in [2.45, 2.75) is 32.7 Å². The summed E-state index contributed by atoms with van der Waals surface area (Å²) in [6.07, 6.45) is 0. The van der Waals surface area contributed by atoms with Gasteiger partial charge in [-0.15, -0.1) is 11.3 Å². The molecule has 0 aliphatic rings. The van der Waals surface area contributed by atoms with E-state index in [9.17, 15) is 0 Å². The number of hydrogen-bond donors (Lipinski definition) is 1. The van der Waals surface area contributed by atoms with E-state index >= 15 is 0 Å². The smallest absolute Gasteiger partial charge is 0.108 e. The minimum Gasteiger partial charge on any atom is -0.325 e. The normalized spacial score (nSPS) is 12.1. The van der Waals surface area contributed by atoms with Crippen molar-refractivity contribution >= 4 is 27.3 Å². The van der Waals surface area contributed by atoms with Gasteiger partial charge in [0.25, 0.3) is 0 Å². The zero-order valence-corrected chi connectivity index (χ0v) is 9.92. The van der Waals surface area contributed by atoms with Crippen molar-refractivity contribution in [3.05, 3.63) is 14.5 Å². The predicted molar refractivity (Wildman–Crippen MR) is 56.4 cm³/mol. The Balaban J connectivity index is 3.08. The monoisotopic (exact) mass is 248 g/mol. The Morgan fingerprint density at radius 1 is 1.50 bits per heavy atom. The highest BCUT2D eigenvalue weighted by atomic mass is 79.9. The SMILES string of the molecule is CC(C)(C)c1nc(CN)sc1Br. The van der Waals surface area contributed by atoms with Crippen molar-refractivity contribution in [3.63, 3.8) is 0 Å². The molecule has 4 heteroatoms. The first-order valence-corrected chi connectivity index (χ1v) is 5.42. The van der Waals surface area contributed by atoms with E-state index < -0.39 is 0 Å². The largest absolute Gasteiger partial charge is 0.325 e. The summed E-state index contributed by atoms with van der Waals surface area (Å²) in [7, 11) is 0. The molecule has 0 spiro atoms. The third kappa shape index (κ3) is 2.06. The molecule has 0 aliphatic heterocycles. The van der Waals surface area contributed by atoms with Crippen LogP contribution in [0.25, 0.3) is 0 Å². The van der Waals surface area contributed by atoms with E-state index in [1.54, 1.807) is 11.3 Å². The molecule has 2 nitrogen and oxygen atoms in total. The first-order chi connectivity index (χ1) is 5.45. The fourth-order valence-electron chi connectivity index (χ4n) is 0.893. The molecule has 0 aromatic carbocycles. The van der Waals surface area contributed by atoms with Gasteiger partial charge in [0.05, 0.1) is 9.48 Å². The molecule has 0 bridgehead atoms. The van der Waals surface area contributed by atoms with Gasteiger partial charge in [0.1, 0.15) is 5.01 Å². The lowest BCUT2D eigenvalue weighted by molar-refractivity contribution is 0.568. The van der Waals surface area contributed by atoms with Gasteiger partial charge in [-0.25, -0.2) is 4.98 Å². The molecule has 68 valence electrons. The Labute approximate surface area is 85.3 Å². The quantitative estimate of drug-likeness (QED) is 0.831. The summed E-state index contributed by atoms with van der Waals surface area (Å²) in [5.41, 5.74) is 6.71. The second-order valence-electron chi connectivity index (χ2n) is 3.68. The van der Waals surface area contributed by atoms with Crippen LogP contribution in [0.4, 0.5) is 0 Å². The van der Waals surface area contributed by atoms with Crippen LogP contribution < -0.4 is 5.73 Å². The zero-order chi connectivity index (χ0) is 9.35. The van der Waals surface area contributed by atoms with Gasteiger partial charge >= 0.3 is 0 Å². The molecule has 1 heterocycles. The third-order valence-electron chi connectivity index (χ3n) is 1.52. The second kappa shape index (κ2) is 3.44. The van der Waals surface area contributed by atoms with E-state index in [-0.39, 0.29) is 5.41 Å². The van der Waals surface area contributed by atoms with Gasteiger partial charge in [-0.05, 0) is 15.9 Å². The van der Waals surface area contributed by atoms with E-state index in [0.29, 0.717) is 6.54 Å². The average Bonchev–Trinajstić information content (AvgIpc) is 2.29. The Hall–Kier alpha value is 0.0700. The van der Waals surface area contributed by atoms with Crippen LogP contribution >= 0.6 is 27.3 Å². The molecule has 0 atom stereocenters. The molecular formula is C8H13BrN2S. The standard InChI is InChI=1S/C8H13BrN2S/c1-8(2,3)6-7(9)12-5(4-10)11-6/h4,10H2,1-3H3. The van der Waals surface area contributed by atoms with Crippen molar-refractivity contribution in [2.24, 2.45) is 5.73 Å². The van der Waals surface area contributed by atoms with Crippen LogP contribution in [0.1, 0.15) is 31.5 Å². The number of nitrogens with zero attached hydrogens (tertiary/aromatic N) is 1. The highest BCUT2D eigenvalue weighted by molar-refractivity contribution is 9.11. The summed E-state index contributed by atoms with van der Waals surface area (Å²) in [5.74, 6) is 0. The lowest BCUT2D eigenvalue weighted by Gasteiger charge is -2.15. The van der Waals surface area contributed by atoms with Crippen molar-refractivity contribution in [1.29, 1.82) is 0 Å². The van der Waals surface area contributed by atoms with E-state index in [0.717, 1.165) is 14.5 Å². The lowest BCUT2D eigenvalue weighted by atomic mass is 9.93. The van der Waals surface area contributed by atoms with Crippen molar-refractivity contribution in [2.75, 3.05) is 0 Å². The van der Waals surface area contributed by atoms with Gasteiger partial charge < -0.3 is 5.73 Å². The predicted octanol–water partition coefficient (Wildman–Crippen LogP) is 2.66. The van der Waals surface area contributed by atoms with Gasteiger partial charge in [0, 0.05) is 12.0 Å². The number of nitrogens with two attached hydrogens (primary N) is 1. The van der Waals surface area contributed by atoms with Crippen LogP contribution in [0.3, 0.4) is 0 Å². The number of hydrogen-bond acceptors (Lipinski definition) is 3. The maximum atomic E-state index is 5.50. The van der Waals surface area contributed by atoms with Gasteiger partial charge in [-0.2, -0.15) is 0 Å². The Morgan fingerprint density at radius 3 is 2.33 bits per heavy atom. The summed E-state index contributed by atoms with van der Waals surface area (Å²) in [6.45, 7) is 6.96. The summed E-state index contributed by atoms with van der Waals surface area (Å²) < 4.78 is 1.11. The number of thiazole rings is 1. The molecule has 0 saturated heterocycles. The second-order valence-corrected chi connectivity index (χ2v) is 6.09. The van der Waals surface area contributed by atoms with Gasteiger partial charge in [0.2, 0.25) is 0 Å². The van der Waals surface area contributed by atoms with Crippen LogP contribution in [0.2, 0.25) is 0 Å². The Kier molecular flexibility index (Phi) is 2.91. The summed E-state index contributed by atoms with van der Waals surface area (Å²) in [6, 6.07) is 0. The van der Waals surface area contributed by atoms with Gasteiger partial charge in [0.15, 0.2) is 0 Å². The molecular weight excluding hydrogens is 236 g/mol. The molecule has 12 heavy (non-hydrogen) atoms. The summed E-state index contributed by atoms with van der Waals surface area (Å²) >= 11 is 5.12. The number of halogens is 1. The van der Waals surface area contributed by atoms with Crippen LogP contribution in [-0.4, -0.2) is 4.98 Å². The molecule has 2 N–H and O–H groups in total. The molecule has 1 aromatic rings. The first-order valence-electron chi connectivity index (χ1n) is 3.81. The molecule has 0 radical (unpaired) electrons. The summed E-state index contributed by atoms with van der Waals surface area (Å²) in [5, 5.41) is 0.992. The Morgan fingerprint density at radius 2 is 2.08 bits per heavy atom. The Bertz CT molecular complexity index is 275. The van der Waals surface area contributed by atoms with E-state index in [2.05, 4.69) is 41.7 Å². The van der Waals surface area contributed by atoms with Crippen LogP contribution in [0, 0.1) is 0 Å². The van der Waals surface area contributed by atoms with Crippen LogP contribution in [-0.2, 0) is 12.0 Å². The summed E-state index contributed by atoms with van der Waals surface area (Å²) in [4.78, 5) is 4.45. The maximum absolute atomic E-state index is 5.50. The van der Waals surface area contributed by atoms with Crippen molar-refractivity contribution in [3.8, 4) is 0 Å². The molecule has 0 unspecified atom stereocenters. The topological polar surface area (TPSA) is 38.9 Å². The van der Waals surface area contributed by atoms with Crippen molar-refractivity contribution in [1.82, 2.24) is 4.98 Å². The van der Waals surface area contributed by atoms with E-state index in [1.807, 2.05) is 0 Å². The van der Waals surface area contributed by atoms with E-state index in [4.69, 9.17) is 5.73 Å². The molecule has 0 fully saturated rings. The van der Waals surface area contributed by atoms with Gasteiger partial charge in [-0.3, -0.25) is 0 Å². The highest BCUT2D eigenvalue weighted by Gasteiger charge is 2.21. The van der Waals surface area contributed by atoms with Crippen LogP contribution in [0.15, 0.2) is 3.79 Å². The number of aromatic nitrogens is 1. The fraction of sp³-hybridized carbons (Fsp3) is 0.625. The third-order valence-corrected chi connectivity index (χ3v) is 3.24. The minimum atomic E-state index is 0.1000. The molecule has 0 amide bonds. The minimum absolute atomic E-state index is 0.1000. The highest BCUT2D eigenvalue weighted by Crippen LogP contribution is 2.33. The molecule has 0 aliphatic carbocycles. The number of rotatable bonds is 1. The molecule has 1 aromatic heterocycles. The van der Waals surface area contributed by atoms with E-state index in [1.165, 1.54) is 0 Å². The van der Waals surface area contributed by atoms with Gasteiger partial charge in [-0.1, -0.05) is 20.8 Å². The average molecular weight is 249 g/mol. The first kappa shape index (κ1) is 10.2. The van der Waals surface area contributed by atoms with Crippen LogP contribution in [0.5, 0.6) is 0 Å². The molecule has 0 saturated carbocycles. The zero-order valence-electron chi connectivity index (χ0n) is 7.52. The lowest BCUT2D eigenvalue weighted by Crippen LogP contribution is -2.12. The van der Waals surface area contributed by atoms with Crippen molar-refractivity contribution < 1.29 is 0 Å². The fourth-order valence-corrected chi connectivity index (χ4v) is 3.01. The molecule has 1 rings (SSSR count). The maximum Gasteiger partial charge on any atom is 0.108 e.